The lowest BCUT2D eigenvalue weighted by molar-refractivity contribution is -0.145. The molecule has 4 amide bonds. The summed E-state index contributed by atoms with van der Waals surface area (Å²) >= 11 is 0.856. The first-order valence-electron chi connectivity index (χ1n) is 14.8. The van der Waals surface area contributed by atoms with Crippen molar-refractivity contribution in [3.8, 4) is 0 Å². The Balaban J connectivity index is 1.45. The van der Waals surface area contributed by atoms with Gasteiger partial charge < -0.3 is 31.1 Å². The van der Waals surface area contributed by atoms with E-state index in [1.54, 1.807) is 0 Å². The van der Waals surface area contributed by atoms with Crippen LogP contribution in [-0.4, -0.2) is 74.2 Å². The van der Waals surface area contributed by atoms with Gasteiger partial charge in [0.15, 0.2) is 0 Å². The van der Waals surface area contributed by atoms with Gasteiger partial charge in [-0.05, 0) is 47.6 Å². The zero-order valence-electron chi connectivity index (χ0n) is 24.8. The van der Waals surface area contributed by atoms with Crippen LogP contribution in [0.15, 0.2) is 72.8 Å². The van der Waals surface area contributed by atoms with Crippen LogP contribution in [0, 0.1) is 0 Å². The number of carbonyl (C=O) groups excluding carboxylic acids is 4. The maximum atomic E-state index is 13.8. The third-order valence-corrected chi connectivity index (χ3v) is 10.3. The number of fused-ring (bicyclic) bond motifs is 1. The summed E-state index contributed by atoms with van der Waals surface area (Å²) in [7, 11) is -4.35. The Hall–Kier alpha value is -3.70. The van der Waals surface area contributed by atoms with E-state index in [4.69, 9.17) is 5.73 Å². The van der Waals surface area contributed by atoms with Gasteiger partial charge in [-0.15, -0.1) is 11.8 Å². The highest BCUT2D eigenvalue weighted by molar-refractivity contribution is 8.04. The van der Waals surface area contributed by atoms with Gasteiger partial charge in [-0.1, -0.05) is 72.8 Å². The Bertz CT molecular complexity index is 1550. The van der Waals surface area contributed by atoms with E-state index in [0.717, 1.165) is 33.7 Å². The summed E-state index contributed by atoms with van der Waals surface area (Å²) in [6, 6.07) is 19.9. The number of likely N-dealkylation sites (tertiary alicyclic amines) is 1. The standard InChI is InChI=1S/C32H39N4O7PS/c33-30(38)26(19-23-13-15-24-10-4-5-11-25(24)18-23)35-31(39)28-12-6-7-17-36(28)32(40)27(20-45-21-44(41,42)43)34-29(37)16-14-22-8-2-1-3-9-22/h1-5,8-11,13,15,18,26-28H,6-7,12,14,16-17,19-21H2,(H2,33,38)(H,34,37)(H,35,39)(H2,41,42,43). The number of hydrogen-bond acceptors (Lipinski definition) is 6. The van der Waals surface area contributed by atoms with Crippen molar-refractivity contribution in [2.45, 2.75) is 56.7 Å². The minimum atomic E-state index is -4.35. The minimum absolute atomic E-state index is 0.0856. The van der Waals surface area contributed by atoms with E-state index >= 15 is 0 Å². The summed E-state index contributed by atoms with van der Waals surface area (Å²) in [4.78, 5) is 72.8. The molecular formula is C32H39N4O7PS. The Morgan fingerprint density at radius 2 is 1.62 bits per heavy atom. The number of amides is 4. The maximum absolute atomic E-state index is 13.8. The van der Waals surface area contributed by atoms with Gasteiger partial charge in [0.05, 0.1) is 5.49 Å². The number of primary amides is 1. The van der Waals surface area contributed by atoms with E-state index in [1.807, 2.05) is 72.8 Å². The van der Waals surface area contributed by atoms with Crippen molar-refractivity contribution in [2.75, 3.05) is 17.8 Å². The number of rotatable bonds is 14. The quantitative estimate of drug-likeness (QED) is 0.165. The second-order valence-electron chi connectivity index (χ2n) is 11.2. The molecule has 1 saturated heterocycles. The number of carbonyl (C=O) groups is 4. The second-order valence-corrected chi connectivity index (χ2v) is 14.3. The highest BCUT2D eigenvalue weighted by Gasteiger charge is 2.37. The van der Waals surface area contributed by atoms with Crippen molar-refractivity contribution in [3.05, 3.63) is 83.9 Å². The molecule has 0 spiro atoms. The van der Waals surface area contributed by atoms with Crippen LogP contribution < -0.4 is 16.4 Å². The number of aryl methyl sites for hydroxylation is 1. The molecule has 13 heteroatoms. The summed E-state index contributed by atoms with van der Waals surface area (Å²) in [6.45, 7) is 0.252. The summed E-state index contributed by atoms with van der Waals surface area (Å²) in [5.74, 6) is -2.23. The third kappa shape index (κ3) is 10.4. The maximum Gasteiger partial charge on any atom is 0.335 e. The predicted molar refractivity (Wildman–Crippen MR) is 174 cm³/mol. The van der Waals surface area contributed by atoms with Gasteiger partial charge in [0, 0.05) is 25.1 Å². The van der Waals surface area contributed by atoms with Gasteiger partial charge in [-0.2, -0.15) is 0 Å². The van der Waals surface area contributed by atoms with E-state index in [0.29, 0.717) is 25.7 Å². The zero-order valence-corrected chi connectivity index (χ0v) is 26.6. The fraction of sp³-hybridized carbons (Fsp3) is 0.375. The molecular weight excluding hydrogens is 615 g/mol. The fourth-order valence-corrected chi connectivity index (χ4v) is 7.23. The lowest BCUT2D eigenvalue weighted by Crippen LogP contribution is -2.60. The SMILES string of the molecule is NC(=O)C(Cc1ccc2ccccc2c1)NC(=O)C1CCCCN1C(=O)C(CSCP(=O)(O)O)NC(=O)CCc1ccccc1. The number of nitrogens with two attached hydrogens (primary N) is 1. The summed E-state index contributed by atoms with van der Waals surface area (Å²) in [5, 5.41) is 7.50. The minimum Gasteiger partial charge on any atom is -0.368 e. The van der Waals surface area contributed by atoms with E-state index in [-0.39, 0.29) is 25.1 Å². The molecule has 0 radical (unpaired) electrons. The molecule has 1 heterocycles. The van der Waals surface area contributed by atoms with Crippen molar-refractivity contribution in [1.29, 1.82) is 0 Å². The lowest BCUT2D eigenvalue weighted by atomic mass is 9.98. The zero-order chi connectivity index (χ0) is 32.4. The number of nitrogens with one attached hydrogen (secondary N) is 2. The number of piperidine rings is 1. The topological polar surface area (TPSA) is 179 Å². The normalized spacial score (nSPS) is 16.5. The molecule has 0 saturated carbocycles. The number of thioether (sulfide) groups is 1. The predicted octanol–water partition coefficient (Wildman–Crippen LogP) is 2.72. The van der Waals surface area contributed by atoms with Crippen molar-refractivity contribution < 1.29 is 33.5 Å². The number of hydrogen-bond donors (Lipinski definition) is 5. The van der Waals surface area contributed by atoms with Crippen LogP contribution in [0.3, 0.4) is 0 Å². The first kappa shape index (κ1) is 34.2. The molecule has 3 unspecified atom stereocenters. The average Bonchev–Trinajstić information content (AvgIpc) is 3.02. The van der Waals surface area contributed by atoms with Crippen LogP contribution in [0.5, 0.6) is 0 Å². The first-order valence-corrected chi connectivity index (χ1v) is 17.8. The van der Waals surface area contributed by atoms with Crippen LogP contribution in [0.1, 0.15) is 36.8 Å². The van der Waals surface area contributed by atoms with Gasteiger partial charge in [-0.3, -0.25) is 23.7 Å². The smallest absolute Gasteiger partial charge is 0.335 e. The van der Waals surface area contributed by atoms with Gasteiger partial charge in [0.2, 0.25) is 23.6 Å². The molecule has 6 N–H and O–H groups in total. The molecule has 3 aromatic rings. The van der Waals surface area contributed by atoms with E-state index < -0.39 is 54.8 Å². The van der Waals surface area contributed by atoms with Crippen molar-refractivity contribution >= 4 is 53.8 Å². The van der Waals surface area contributed by atoms with Crippen LogP contribution >= 0.6 is 19.4 Å². The molecule has 4 rings (SSSR count). The molecule has 3 atom stereocenters. The molecule has 3 aromatic carbocycles. The van der Waals surface area contributed by atoms with Gasteiger partial charge >= 0.3 is 7.60 Å². The third-order valence-electron chi connectivity index (χ3n) is 7.66. The summed E-state index contributed by atoms with van der Waals surface area (Å²) in [5.41, 5.74) is 6.93. The molecule has 1 fully saturated rings. The summed E-state index contributed by atoms with van der Waals surface area (Å²) < 4.78 is 11.5. The highest BCUT2D eigenvalue weighted by atomic mass is 32.2. The Labute approximate surface area is 266 Å². The first-order chi connectivity index (χ1) is 21.5. The highest BCUT2D eigenvalue weighted by Crippen LogP contribution is 2.38. The van der Waals surface area contributed by atoms with Gasteiger partial charge in [-0.25, -0.2) is 0 Å². The lowest BCUT2D eigenvalue weighted by Gasteiger charge is -2.37. The molecule has 0 bridgehead atoms. The second kappa shape index (κ2) is 16.0. The van der Waals surface area contributed by atoms with Crippen LogP contribution in [0.4, 0.5) is 0 Å². The molecule has 1 aliphatic rings. The van der Waals surface area contributed by atoms with Gasteiger partial charge in [0.1, 0.15) is 18.1 Å². The van der Waals surface area contributed by atoms with E-state index in [9.17, 15) is 33.5 Å². The molecule has 0 aliphatic carbocycles. The fourth-order valence-electron chi connectivity index (χ4n) is 5.39. The monoisotopic (exact) mass is 654 g/mol. The number of benzene rings is 3. The molecule has 240 valence electrons. The summed E-state index contributed by atoms with van der Waals surface area (Å²) in [6.07, 6.45) is 2.39. The number of nitrogens with zero attached hydrogens (tertiary/aromatic N) is 1. The van der Waals surface area contributed by atoms with Crippen LogP contribution in [-0.2, 0) is 36.6 Å². The van der Waals surface area contributed by atoms with Crippen molar-refractivity contribution in [3.63, 3.8) is 0 Å². The Morgan fingerprint density at radius 3 is 2.33 bits per heavy atom. The Morgan fingerprint density at radius 1 is 0.911 bits per heavy atom. The van der Waals surface area contributed by atoms with Crippen molar-refractivity contribution in [2.24, 2.45) is 5.73 Å². The van der Waals surface area contributed by atoms with E-state index in [2.05, 4.69) is 10.6 Å². The largest absolute Gasteiger partial charge is 0.368 e. The molecule has 11 nitrogen and oxygen atoms in total. The van der Waals surface area contributed by atoms with Gasteiger partial charge in [0.25, 0.3) is 0 Å². The van der Waals surface area contributed by atoms with Crippen LogP contribution in [0.25, 0.3) is 10.8 Å². The van der Waals surface area contributed by atoms with Crippen molar-refractivity contribution in [1.82, 2.24) is 15.5 Å². The van der Waals surface area contributed by atoms with Crippen LogP contribution in [0.2, 0.25) is 0 Å². The molecule has 0 aromatic heterocycles. The Kier molecular flexibility index (Phi) is 12.2. The van der Waals surface area contributed by atoms with E-state index in [1.165, 1.54) is 4.90 Å². The molecule has 1 aliphatic heterocycles. The average molecular weight is 655 g/mol. The molecule has 45 heavy (non-hydrogen) atoms.